The van der Waals surface area contributed by atoms with Gasteiger partial charge >= 0.3 is 0 Å². The zero-order chi connectivity index (χ0) is 17.6. The van der Waals surface area contributed by atoms with Gasteiger partial charge in [0, 0.05) is 32.4 Å². The number of ether oxygens (including phenoxy) is 2. The molecule has 0 radical (unpaired) electrons. The molecule has 0 aromatic heterocycles. The Morgan fingerprint density at radius 2 is 2.08 bits per heavy atom. The molecule has 1 amide bonds. The van der Waals surface area contributed by atoms with Crippen LogP contribution in [0.5, 0.6) is 0 Å². The summed E-state index contributed by atoms with van der Waals surface area (Å²) in [5.41, 5.74) is 1.17. The van der Waals surface area contributed by atoms with Crippen LogP contribution in [0, 0.1) is 0 Å². The second kappa shape index (κ2) is 8.60. The first-order valence-corrected chi connectivity index (χ1v) is 8.60. The topological polar surface area (TPSA) is 59.0 Å². The molecule has 1 aromatic carbocycles. The van der Waals surface area contributed by atoms with Crippen LogP contribution in [0.25, 0.3) is 0 Å². The minimum Gasteiger partial charge on any atom is -0.390 e. The van der Waals surface area contributed by atoms with Crippen molar-refractivity contribution in [2.24, 2.45) is 0 Å². The van der Waals surface area contributed by atoms with E-state index >= 15 is 0 Å². The van der Waals surface area contributed by atoms with Gasteiger partial charge < -0.3 is 19.5 Å². The van der Waals surface area contributed by atoms with Crippen LogP contribution < -0.4 is 0 Å². The number of rotatable bonds is 7. The number of methoxy groups -OCH3 is 1. The maximum Gasteiger partial charge on any atom is 0.254 e. The summed E-state index contributed by atoms with van der Waals surface area (Å²) in [5, 5.41) is 9.80. The van der Waals surface area contributed by atoms with Gasteiger partial charge in [0.2, 0.25) is 0 Å². The quantitative estimate of drug-likeness (QED) is 0.830. The highest BCUT2D eigenvalue weighted by atomic mass is 16.5. The minimum absolute atomic E-state index is 0.0497. The zero-order valence-corrected chi connectivity index (χ0v) is 15.0. The molecule has 0 spiro atoms. The molecule has 24 heavy (non-hydrogen) atoms. The van der Waals surface area contributed by atoms with Crippen LogP contribution in [0.2, 0.25) is 0 Å². The molecule has 0 saturated carbocycles. The van der Waals surface area contributed by atoms with E-state index in [2.05, 4.69) is 0 Å². The molecule has 1 aromatic rings. The number of hydrogen-bond donors (Lipinski definition) is 1. The molecule has 1 heterocycles. The Hall–Kier alpha value is -1.43. The van der Waals surface area contributed by atoms with Gasteiger partial charge in [0.15, 0.2) is 0 Å². The standard InChI is InChI=1S/C19H29NO4/c1-19(2,22)10-8-15-4-6-16(7-5-15)18(21)20-11-13-24-17(14-20)9-12-23-3/h4-7,17,22H,8-14H2,1-3H3. The molecule has 2 rings (SSSR count). The van der Waals surface area contributed by atoms with E-state index in [9.17, 15) is 9.90 Å². The lowest BCUT2D eigenvalue weighted by Gasteiger charge is -2.33. The molecule has 5 heteroatoms. The van der Waals surface area contributed by atoms with Crippen LogP contribution in [0.4, 0.5) is 0 Å². The van der Waals surface area contributed by atoms with E-state index in [0.717, 1.165) is 18.4 Å². The maximum atomic E-state index is 12.6. The van der Waals surface area contributed by atoms with Gasteiger partial charge in [0.25, 0.3) is 5.91 Å². The molecule has 5 nitrogen and oxygen atoms in total. The van der Waals surface area contributed by atoms with Crippen molar-refractivity contribution in [2.45, 2.75) is 44.8 Å². The summed E-state index contributed by atoms with van der Waals surface area (Å²) >= 11 is 0. The number of morpholine rings is 1. The van der Waals surface area contributed by atoms with Crippen LogP contribution >= 0.6 is 0 Å². The summed E-state index contributed by atoms with van der Waals surface area (Å²) in [6.45, 7) is 6.07. The van der Waals surface area contributed by atoms with Crippen molar-refractivity contribution in [1.82, 2.24) is 4.90 Å². The number of benzene rings is 1. The number of hydrogen-bond acceptors (Lipinski definition) is 4. The van der Waals surface area contributed by atoms with E-state index in [0.29, 0.717) is 38.3 Å². The van der Waals surface area contributed by atoms with Crippen LogP contribution in [0.1, 0.15) is 42.6 Å². The third kappa shape index (κ3) is 5.89. The van der Waals surface area contributed by atoms with Gasteiger partial charge in [0.05, 0.1) is 18.3 Å². The number of aliphatic hydroxyl groups is 1. The molecule has 0 bridgehead atoms. The molecular weight excluding hydrogens is 306 g/mol. The summed E-state index contributed by atoms with van der Waals surface area (Å²) < 4.78 is 10.8. The minimum atomic E-state index is -0.667. The third-order valence-corrected chi connectivity index (χ3v) is 4.30. The first kappa shape index (κ1) is 18.9. The predicted molar refractivity (Wildman–Crippen MR) is 93.2 cm³/mol. The maximum absolute atomic E-state index is 12.6. The van der Waals surface area contributed by atoms with Crippen molar-refractivity contribution in [2.75, 3.05) is 33.4 Å². The molecule has 1 fully saturated rings. The monoisotopic (exact) mass is 335 g/mol. The molecule has 1 N–H and O–H groups in total. The Balaban J connectivity index is 1.92. The van der Waals surface area contributed by atoms with Crippen molar-refractivity contribution in [3.8, 4) is 0 Å². The lowest BCUT2D eigenvalue weighted by Crippen LogP contribution is -2.45. The number of aryl methyl sites for hydroxylation is 1. The van der Waals surface area contributed by atoms with E-state index in [1.165, 1.54) is 0 Å². The molecule has 134 valence electrons. The van der Waals surface area contributed by atoms with Gasteiger partial charge in [-0.15, -0.1) is 0 Å². The number of carbonyl (C=O) groups is 1. The summed E-state index contributed by atoms with van der Waals surface area (Å²) in [6, 6.07) is 7.70. The second-order valence-corrected chi connectivity index (χ2v) is 7.03. The van der Waals surface area contributed by atoms with E-state index < -0.39 is 5.60 Å². The van der Waals surface area contributed by atoms with Gasteiger partial charge in [-0.25, -0.2) is 0 Å². The van der Waals surface area contributed by atoms with Crippen LogP contribution in [-0.4, -0.2) is 61.0 Å². The van der Waals surface area contributed by atoms with Gasteiger partial charge in [-0.1, -0.05) is 12.1 Å². The average molecular weight is 335 g/mol. The van der Waals surface area contributed by atoms with Crippen molar-refractivity contribution in [3.63, 3.8) is 0 Å². The summed E-state index contributed by atoms with van der Waals surface area (Å²) in [5.74, 6) is 0.0507. The highest BCUT2D eigenvalue weighted by Crippen LogP contribution is 2.16. The van der Waals surface area contributed by atoms with Crippen molar-refractivity contribution < 1.29 is 19.4 Å². The molecule has 1 unspecified atom stereocenters. The number of carbonyl (C=O) groups excluding carboxylic acids is 1. The Bertz CT molecular complexity index is 521. The molecule has 1 atom stereocenters. The van der Waals surface area contributed by atoms with E-state index in [1.54, 1.807) is 7.11 Å². The van der Waals surface area contributed by atoms with Gasteiger partial charge in [-0.05, 0) is 50.8 Å². The third-order valence-electron chi connectivity index (χ3n) is 4.30. The largest absolute Gasteiger partial charge is 0.390 e. The molecule has 1 saturated heterocycles. The van der Waals surface area contributed by atoms with Crippen LogP contribution in [0.3, 0.4) is 0 Å². The van der Waals surface area contributed by atoms with Crippen molar-refractivity contribution >= 4 is 5.91 Å². The van der Waals surface area contributed by atoms with Crippen LogP contribution in [-0.2, 0) is 15.9 Å². The molecular formula is C19H29NO4. The Kier molecular flexibility index (Phi) is 6.78. The fraction of sp³-hybridized carbons (Fsp3) is 0.632. The highest BCUT2D eigenvalue weighted by Gasteiger charge is 2.24. The first-order valence-electron chi connectivity index (χ1n) is 8.60. The fourth-order valence-electron chi connectivity index (χ4n) is 2.77. The second-order valence-electron chi connectivity index (χ2n) is 7.03. The zero-order valence-electron chi connectivity index (χ0n) is 15.0. The number of amides is 1. The summed E-state index contributed by atoms with van der Waals surface area (Å²) in [6.07, 6.45) is 2.35. The molecule has 1 aliphatic rings. The highest BCUT2D eigenvalue weighted by molar-refractivity contribution is 5.94. The first-order chi connectivity index (χ1) is 11.4. The van der Waals surface area contributed by atoms with Crippen molar-refractivity contribution in [3.05, 3.63) is 35.4 Å². The van der Waals surface area contributed by atoms with Crippen LogP contribution in [0.15, 0.2) is 24.3 Å². The summed E-state index contributed by atoms with van der Waals surface area (Å²) in [7, 11) is 1.67. The Morgan fingerprint density at radius 3 is 2.71 bits per heavy atom. The van der Waals surface area contributed by atoms with Gasteiger partial charge in [0.1, 0.15) is 0 Å². The van der Waals surface area contributed by atoms with E-state index in [-0.39, 0.29) is 12.0 Å². The average Bonchev–Trinajstić information content (AvgIpc) is 2.57. The summed E-state index contributed by atoms with van der Waals surface area (Å²) in [4.78, 5) is 14.5. The lowest BCUT2D eigenvalue weighted by atomic mass is 9.98. The molecule has 0 aliphatic carbocycles. The van der Waals surface area contributed by atoms with E-state index in [4.69, 9.17) is 9.47 Å². The lowest BCUT2D eigenvalue weighted by molar-refractivity contribution is -0.0332. The Morgan fingerprint density at radius 1 is 1.38 bits per heavy atom. The predicted octanol–water partition coefficient (Wildman–Crippen LogP) is 2.27. The fourth-order valence-corrected chi connectivity index (χ4v) is 2.77. The van der Waals surface area contributed by atoms with Gasteiger partial charge in [-0.2, -0.15) is 0 Å². The normalized spacial score (nSPS) is 18.7. The van der Waals surface area contributed by atoms with E-state index in [1.807, 2.05) is 43.0 Å². The SMILES string of the molecule is COCCC1CN(C(=O)c2ccc(CCC(C)(C)O)cc2)CCO1. The number of nitrogens with zero attached hydrogens (tertiary/aromatic N) is 1. The Labute approximate surface area is 144 Å². The molecule has 1 aliphatic heterocycles. The van der Waals surface area contributed by atoms with Gasteiger partial charge in [-0.3, -0.25) is 4.79 Å². The van der Waals surface area contributed by atoms with Crippen molar-refractivity contribution in [1.29, 1.82) is 0 Å². The smallest absolute Gasteiger partial charge is 0.254 e.